The average molecular weight is 375 g/mol. The number of halogens is 3. The quantitative estimate of drug-likeness (QED) is 0.640. The number of rotatable bonds is 5. The van der Waals surface area contributed by atoms with Crippen molar-refractivity contribution in [2.75, 3.05) is 0 Å². The number of nitrogens with one attached hydrogen (secondary N) is 1. The van der Waals surface area contributed by atoms with Crippen LogP contribution in [0.2, 0.25) is 0 Å². The molecule has 6 nitrogen and oxygen atoms in total. The molecule has 2 rings (SSSR count). The number of ketones is 1. The number of carbonyl (C=O) groups is 1. The van der Waals surface area contributed by atoms with Crippen molar-refractivity contribution in [3.63, 3.8) is 0 Å². The standard InChI is InChI=1S/C15H15F3N2O4S/c1-3-20-14(22)12(8(2)19-20)13(21)11-5-4-10(15(16,17)18)6-9(11)7-25(23)24/h4-6,19H,3,7H2,1-2H3,(H,23,24)/p-1. The molecular weight excluding hydrogens is 361 g/mol. The van der Waals surface area contributed by atoms with Crippen molar-refractivity contribution in [2.24, 2.45) is 0 Å². The van der Waals surface area contributed by atoms with E-state index < -0.39 is 39.9 Å². The van der Waals surface area contributed by atoms with Crippen molar-refractivity contribution in [1.82, 2.24) is 9.78 Å². The van der Waals surface area contributed by atoms with Crippen LogP contribution in [-0.4, -0.2) is 24.3 Å². The Morgan fingerprint density at radius 1 is 1.36 bits per heavy atom. The van der Waals surface area contributed by atoms with Crippen LogP contribution in [0.5, 0.6) is 0 Å². The number of carbonyl (C=O) groups excluding carboxylic acids is 1. The molecule has 0 aliphatic heterocycles. The minimum atomic E-state index is -4.68. The van der Waals surface area contributed by atoms with Crippen LogP contribution in [-0.2, 0) is 29.6 Å². The van der Waals surface area contributed by atoms with Crippen LogP contribution in [0.15, 0.2) is 23.0 Å². The monoisotopic (exact) mass is 375 g/mol. The van der Waals surface area contributed by atoms with E-state index in [0.717, 1.165) is 6.07 Å². The van der Waals surface area contributed by atoms with Gasteiger partial charge in [-0.05, 0) is 31.5 Å². The number of aryl methyl sites for hydroxylation is 2. The maximum atomic E-state index is 12.8. The molecule has 1 aromatic carbocycles. The summed E-state index contributed by atoms with van der Waals surface area (Å²) in [6, 6.07) is 2.20. The highest BCUT2D eigenvalue weighted by Crippen LogP contribution is 2.31. The van der Waals surface area contributed by atoms with Gasteiger partial charge in [0.15, 0.2) is 0 Å². The molecule has 1 aromatic heterocycles. The summed E-state index contributed by atoms with van der Waals surface area (Å²) in [5.74, 6) is -1.59. The molecule has 1 unspecified atom stereocenters. The molecule has 0 bridgehead atoms. The lowest BCUT2D eigenvalue weighted by Gasteiger charge is -2.14. The number of H-pyrrole nitrogens is 1. The summed E-state index contributed by atoms with van der Waals surface area (Å²) in [6.07, 6.45) is -4.68. The summed E-state index contributed by atoms with van der Waals surface area (Å²) in [5, 5.41) is 2.69. The molecule has 0 saturated heterocycles. The highest BCUT2D eigenvalue weighted by Gasteiger charge is 2.32. The second kappa shape index (κ2) is 6.96. The zero-order valence-corrected chi connectivity index (χ0v) is 14.1. The number of hydrogen-bond donors (Lipinski definition) is 1. The van der Waals surface area contributed by atoms with Crippen LogP contribution in [0.4, 0.5) is 13.2 Å². The van der Waals surface area contributed by atoms with Gasteiger partial charge in [0.2, 0.25) is 5.78 Å². The first-order valence-corrected chi connectivity index (χ1v) is 8.40. The zero-order valence-electron chi connectivity index (χ0n) is 13.3. The van der Waals surface area contributed by atoms with Crippen molar-refractivity contribution in [1.29, 1.82) is 0 Å². The molecule has 0 radical (unpaired) electrons. The van der Waals surface area contributed by atoms with E-state index in [9.17, 15) is 31.5 Å². The molecule has 0 saturated carbocycles. The molecule has 1 atom stereocenters. The van der Waals surface area contributed by atoms with E-state index in [2.05, 4.69) is 5.10 Å². The summed E-state index contributed by atoms with van der Waals surface area (Å²) in [6.45, 7) is 3.43. The van der Waals surface area contributed by atoms with Gasteiger partial charge in [0.05, 0.1) is 5.56 Å². The molecule has 1 heterocycles. The van der Waals surface area contributed by atoms with E-state index in [1.165, 1.54) is 11.6 Å². The fourth-order valence-electron chi connectivity index (χ4n) is 2.47. The summed E-state index contributed by atoms with van der Waals surface area (Å²) in [7, 11) is 0. The minimum Gasteiger partial charge on any atom is -0.772 e. The third-order valence-electron chi connectivity index (χ3n) is 3.63. The Hall–Kier alpha value is -2.20. The van der Waals surface area contributed by atoms with Gasteiger partial charge < -0.3 is 4.55 Å². The fraction of sp³-hybridized carbons (Fsp3) is 0.333. The van der Waals surface area contributed by atoms with Gasteiger partial charge in [0.1, 0.15) is 5.56 Å². The molecular formula is C15H14F3N2O4S-. The predicted molar refractivity (Wildman–Crippen MR) is 83.0 cm³/mol. The van der Waals surface area contributed by atoms with E-state index in [-0.39, 0.29) is 28.9 Å². The summed E-state index contributed by atoms with van der Waals surface area (Å²) in [5.41, 5.74) is -2.21. The SMILES string of the molecule is CCn1[nH]c(C)c(C(=O)c2ccc(C(F)(F)F)cc2CS(=O)[O-])c1=O. The summed E-state index contributed by atoms with van der Waals surface area (Å²) >= 11 is -2.70. The third kappa shape index (κ3) is 3.90. The molecule has 25 heavy (non-hydrogen) atoms. The van der Waals surface area contributed by atoms with Crippen LogP contribution < -0.4 is 5.56 Å². The lowest BCUT2D eigenvalue weighted by Crippen LogP contribution is -2.22. The van der Waals surface area contributed by atoms with Crippen molar-refractivity contribution < 1.29 is 26.7 Å². The summed E-state index contributed by atoms with van der Waals surface area (Å²) in [4.78, 5) is 24.9. The predicted octanol–water partition coefficient (Wildman–Crippen LogP) is 2.13. The molecule has 10 heteroatoms. The summed E-state index contributed by atoms with van der Waals surface area (Å²) < 4.78 is 61.6. The van der Waals surface area contributed by atoms with Crippen LogP contribution in [0.25, 0.3) is 0 Å². The Labute approximate surface area is 142 Å². The number of nitrogens with zero attached hydrogens (tertiary/aromatic N) is 1. The van der Waals surface area contributed by atoms with Gasteiger partial charge in [-0.15, -0.1) is 0 Å². The molecule has 0 spiro atoms. The first-order chi connectivity index (χ1) is 11.6. The first kappa shape index (κ1) is 19.1. The van der Waals surface area contributed by atoms with Gasteiger partial charge in [0, 0.05) is 23.6 Å². The maximum absolute atomic E-state index is 12.8. The highest BCUT2D eigenvalue weighted by atomic mass is 32.2. The number of alkyl halides is 3. The van der Waals surface area contributed by atoms with Crippen LogP contribution >= 0.6 is 0 Å². The van der Waals surface area contributed by atoms with Crippen LogP contribution in [0, 0.1) is 6.92 Å². The Morgan fingerprint density at radius 2 is 2.00 bits per heavy atom. The normalized spacial score (nSPS) is 13.0. The number of aromatic nitrogens is 2. The second-order valence-corrected chi connectivity index (χ2v) is 6.20. The van der Waals surface area contributed by atoms with Gasteiger partial charge in [0.25, 0.3) is 5.56 Å². The topological polar surface area (TPSA) is 95.0 Å². The van der Waals surface area contributed by atoms with Crippen LogP contribution in [0.1, 0.15) is 39.7 Å². The highest BCUT2D eigenvalue weighted by molar-refractivity contribution is 7.78. The molecule has 0 fully saturated rings. The van der Waals surface area contributed by atoms with E-state index >= 15 is 0 Å². The van der Waals surface area contributed by atoms with Gasteiger partial charge in [-0.2, -0.15) is 13.2 Å². The molecule has 136 valence electrons. The molecule has 0 amide bonds. The lowest BCUT2D eigenvalue weighted by atomic mass is 9.97. The molecule has 2 aromatic rings. The van der Waals surface area contributed by atoms with Gasteiger partial charge in [-0.3, -0.25) is 23.6 Å². The number of aromatic amines is 1. The fourth-order valence-corrected chi connectivity index (χ4v) is 2.96. The smallest absolute Gasteiger partial charge is 0.416 e. The van der Waals surface area contributed by atoms with Gasteiger partial charge >= 0.3 is 6.18 Å². The van der Waals surface area contributed by atoms with Gasteiger partial charge in [-0.25, -0.2) is 0 Å². The Bertz CT molecular complexity index is 899. The van der Waals surface area contributed by atoms with Gasteiger partial charge in [-0.1, -0.05) is 17.1 Å². The Balaban J connectivity index is 2.62. The third-order valence-corrected chi connectivity index (χ3v) is 4.18. The molecule has 0 aliphatic rings. The Morgan fingerprint density at radius 3 is 2.48 bits per heavy atom. The maximum Gasteiger partial charge on any atom is 0.416 e. The van der Waals surface area contributed by atoms with Crippen molar-refractivity contribution in [3.8, 4) is 0 Å². The Kier molecular flexibility index (Phi) is 5.33. The lowest BCUT2D eigenvalue weighted by molar-refractivity contribution is -0.137. The number of benzene rings is 1. The van der Waals surface area contributed by atoms with E-state index in [1.807, 2.05) is 0 Å². The van der Waals surface area contributed by atoms with Crippen molar-refractivity contribution in [3.05, 3.63) is 56.5 Å². The van der Waals surface area contributed by atoms with E-state index in [4.69, 9.17) is 0 Å². The second-order valence-electron chi connectivity index (χ2n) is 5.31. The van der Waals surface area contributed by atoms with Crippen molar-refractivity contribution >= 4 is 16.9 Å². The minimum absolute atomic E-state index is 0.223. The average Bonchev–Trinajstić information content (AvgIpc) is 2.79. The molecule has 1 N–H and O–H groups in total. The van der Waals surface area contributed by atoms with Crippen LogP contribution in [0.3, 0.4) is 0 Å². The van der Waals surface area contributed by atoms with E-state index in [0.29, 0.717) is 12.1 Å². The molecule has 0 aliphatic carbocycles. The van der Waals surface area contributed by atoms with Crippen molar-refractivity contribution in [2.45, 2.75) is 32.3 Å². The zero-order chi connectivity index (χ0) is 18.9. The van der Waals surface area contributed by atoms with E-state index in [1.54, 1.807) is 6.92 Å². The largest absolute Gasteiger partial charge is 0.772 e. The first-order valence-electron chi connectivity index (χ1n) is 7.16. The number of hydrogen-bond acceptors (Lipinski definition) is 4.